The topological polar surface area (TPSA) is 139 Å². The van der Waals surface area contributed by atoms with Gasteiger partial charge in [-0.2, -0.15) is 5.10 Å². The first kappa shape index (κ1) is 25.0. The van der Waals surface area contributed by atoms with E-state index in [1.165, 1.54) is 6.07 Å². The minimum atomic E-state index is -0.985. The van der Waals surface area contributed by atoms with Crippen molar-refractivity contribution in [2.45, 2.75) is 37.8 Å². The van der Waals surface area contributed by atoms with Crippen LogP contribution in [0.5, 0.6) is 0 Å². The fourth-order valence-electron chi connectivity index (χ4n) is 5.73. The Labute approximate surface area is 232 Å². The molecule has 3 aliphatic rings. The van der Waals surface area contributed by atoms with Gasteiger partial charge in [-0.05, 0) is 55.5 Å². The number of nitrogens with one attached hydrogen (secondary N) is 2. The molecule has 2 aromatic carbocycles. The van der Waals surface area contributed by atoms with E-state index in [2.05, 4.69) is 25.7 Å². The highest BCUT2D eigenvalue weighted by atomic mass is 19.1. The summed E-state index contributed by atoms with van der Waals surface area (Å²) in [7, 11) is 0. The maximum absolute atomic E-state index is 14.2. The maximum Gasteiger partial charge on any atom is 0.262 e. The Balaban J connectivity index is 0.966. The van der Waals surface area contributed by atoms with E-state index in [-0.39, 0.29) is 35.5 Å². The van der Waals surface area contributed by atoms with Crippen LogP contribution in [0.4, 0.5) is 10.1 Å². The summed E-state index contributed by atoms with van der Waals surface area (Å²) >= 11 is 0. The van der Waals surface area contributed by atoms with Crippen molar-refractivity contribution in [2.24, 2.45) is 5.92 Å². The van der Waals surface area contributed by atoms with Crippen LogP contribution in [0.3, 0.4) is 0 Å². The molecule has 4 aromatic rings. The number of hydrogen-bond acceptors (Lipinski definition) is 8. The van der Waals surface area contributed by atoms with Crippen LogP contribution in [-0.2, 0) is 9.59 Å². The number of carbonyl (C=O) groups is 4. The number of halogens is 1. The van der Waals surface area contributed by atoms with Crippen LogP contribution < -0.4 is 10.6 Å². The molecule has 1 aliphatic carbocycles. The molecule has 4 heterocycles. The van der Waals surface area contributed by atoms with Crippen molar-refractivity contribution in [3.8, 4) is 11.3 Å². The highest BCUT2D eigenvalue weighted by molar-refractivity contribution is 6.23. The first-order valence-electron chi connectivity index (χ1n) is 13.4. The minimum absolute atomic E-state index is 0.0797. The molecule has 2 fully saturated rings. The first-order chi connectivity index (χ1) is 19.9. The van der Waals surface area contributed by atoms with Gasteiger partial charge in [-0.3, -0.25) is 39.1 Å². The molecule has 0 radical (unpaired) electrons. The van der Waals surface area contributed by atoms with E-state index in [0.29, 0.717) is 29.4 Å². The van der Waals surface area contributed by atoms with Crippen molar-refractivity contribution in [1.29, 1.82) is 0 Å². The second-order valence-electron chi connectivity index (χ2n) is 10.7. The summed E-state index contributed by atoms with van der Waals surface area (Å²) in [4.78, 5) is 59.4. The van der Waals surface area contributed by atoms with E-state index in [9.17, 15) is 23.6 Å². The smallest absolute Gasteiger partial charge is 0.262 e. The van der Waals surface area contributed by atoms with Crippen LogP contribution in [0, 0.1) is 11.7 Å². The molecule has 206 valence electrons. The Bertz CT molecular complexity index is 1760. The molecule has 11 nitrogen and oxygen atoms in total. The predicted molar refractivity (Wildman–Crippen MR) is 144 cm³/mol. The zero-order valence-corrected chi connectivity index (χ0v) is 21.7. The number of piperidine rings is 1. The van der Waals surface area contributed by atoms with Gasteiger partial charge < -0.3 is 5.32 Å². The van der Waals surface area contributed by atoms with Crippen molar-refractivity contribution in [1.82, 2.24) is 30.0 Å². The number of amides is 4. The number of nitrogens with zero attached hydrogens (tertiary/aromatic N) is 5. The average Bonchev–Trinajstić information content (AvgIpc) is 3.51. The number of benzene rings is 2. The molecule has 2 aromatic heterocycles. The summed E-state index contributed by atoms with van der Waals surface area (Å²) in [5, 5.41) is 10.1. The molecule has 12 heteroatoms. The van der Waals surface area contributed by atoms with Crippen LogP contribution >= 0.6 is 0 Å². The zero-order chi connectivity index (χ0) is 28.2. The summed E-state index contributed by atoms with van der Waals surface area (Å²) in [5.41, 5.74) is 3.27. The quantitative estimate of drug-likeness (QED) is 0.347. The lowest BCUT2D eigenvalue weighted by Crippen LogP contribution is -2.54. The summed E-state index contributed by atoms with van der Waals surface area (Å²) in [6.45, 7) is 0.678. The van der Waals surface area contributed by atoms with Crippen molar-refractivity contribution in [3.05, 3.63) is 71.9 Å². The summed E-state index contributed by atoms with van der Waals surface area (Å²) in [6.07, 6.45) is 7.24. The molecule has 4 amide bonds. The van der Waals surface area contributed by atoms with Gasteiger partial charge in [0.05, 0.1) is 40.8 Å². The highest BCUT2D eigenvalue weighted by Crippen LogP contribution is 2.38. The predicted octanol–water partition coefficient (Wildman–Crippen LogP) is 3.10. The normalized spacial score (nSPS) is 22.1. The van der Waals surface area contributed by atoms with E-state index in [1.807, 2.05) is 10.9 Å². The fourth-order valence-corrected chi connectivity index (χ4v) is 5.73. The number of fused-ring (bicyclic) bond motifs is 2. The summed E-state index contributed by atoms with van der Waals surface area (Å²) in [5.74, 6) is -2.11. The van der Waals surface area contributed by atoms with Crippen molar-refractivity contribution in [3.63, 3.8) is 0 Å². The van der Waals surface area contributed by atoms with Gasteiger partial charge in [-0.15, -0.1) is 0 Å². The molecule has 2 aliphatic heterocycles. The molecule has 1 atom stereocenters. The van der Waals surface area contributed by atoms with Gasteiger partial charge >= 0.3 is 0 Å². The van der Waals surface area contributed by atoms with Gasteiger partial charge in [0, 0.05) is 30.4 Å². The number of anilines is 1. The molecule has 0 bridgehead atoms. The molecule has 1 unspecified atom stereocenters. The van der Waals surface area contributed by atoms with Crippen LogP contribution in [0.25, 0.3) is 22.3 Å². The molecule has 1 saturated heterocycles. The van der Waals surface area contributed by atoms with Gasteiger partial charge in [0.2, 0.25) is 11.8 Å². The summed E-state index contributed by atoms with van der Waals surface area (Å²) < 4.78 is 16.1. The Morgan fingerprint density at radius 3 is 2.68 bits per heavy atom. The molecular weight excluding hydrogens is 529 g/mol. The lowest BCUT2D eigenvalue weighted by atomic mass is 9.80. The van der Waals surface area contributed by atoms with E-state index >= 15 is 0 Å². The SMILES string of the molecule is O=C1CCC(N2C(=O)c3ccc(NCC4CC(n5cc(-c6cnc7cccc(F)c7n6)cn5)C4)cc3C2=O)C(=O)N1. The monoisotopic (exact) mass is 553 g/mol. The number of para-hydroxylation sites is 1. The van der Waals surface area contributed by atoms with Crippen LogP contribution in [0.2, 0.25) is 0 Å². The van der Waals surface area contributed by atoms with Gasteiger partial charge in [-0.1, -0.05) is 6.07 Å². The summed E-state index contributed by atoms with van der Waals surface area (Å²) in [6, 6.07) is 8.92. The van der Waals surface area contributed by atoms with E-state index < -0.39 is 35.5 Å². The fraction of sp³-hybridized carbons (Fsp3) is 0.276. The lowest BCUT2D eigenvalue weighted by molar-refractivity contribution is -0.136. The largest absolute Gasteiger partial charge is 0.385 e. The standard InChI is InChI=1S/C29H24FN7O4/c30-21-2-1-3-22-26(21)34-23(13-32-22)16-12-33-36(14-16)18-8-15(9-18)11-31-17-4-5-19-20(10-17)29(41)37(28(19)40)24-6-7-25(38)35-27(24)39/h1-5,10,12-15,18,24,31H,6-9,11H2,(H,35,38,39). The number of rotatable bonds is 6. The van der Waals surface area contributed by atoms with Gasteiger partial charge in [-0.25, -0.2) is 9.37 Å². The van der Waals surface area contributed by atoms with E-state index in [1.54, 1.807) is 42.7 Å². The molecule has 7 rings (SSSR count). The molecule has 0 spiro atoms. The van der Waals surface area contributed by atoms with Crippen molar-refractivity contribution >= 4 is 40.3 Å². The number of hydrogen-bond donors (Lipinski definition) is 2. The van der Waals surface area contributed by atoms with Crippen LogP contribution in [-0.4, -0.2) is 60.9 Å². The number of carbonyl (C=O) groups excluding carboxylic acids is 4. The molecule has 41 heavy (non-hydrogen) atoms. The Morgan fingerprint density at radius 2 is 1.85 bits per heavy atom. The number of imide groups is 2. The first-order valence-corrected chi connectivity index (χ1v) is 13.4. The molecular formula is C29H24FN7O4. The lowest BCUT2D eigenvalue weighted by Gasteiger charge is -2.35. The van der Waals surface area contributed by atoms with Crippen molar-refractivity contribution < 1.29 is 23.6 Å². The van der Waals surface area contributed by atoms with Crippen LogP contribution in [0.15, 0.2) is 55.0 Å². The third-order valence-electron chi connectivity index (χ3n) is 8.04. The zero-order valence-electron chi connectivity index (χ0n) is 21.7. The van der Waals surface area contributed by atoms with Crippen molar-refractivity contribution in [2.75, 3.05) is 11.9 Å². The van der Waals surface area contributed by atoms with Gasteiger partial charge in [0.25, 0.3) is 11.8 Å². The average molecular weight is 554 g/mol. The third-order valence-corrected chi connectivity index (χ3v) is 8.04. The maximum atomic E-state index is 14.2. The minimum Gasteiger partial charge on any atom is -0.385 e. The third kappa shape index (κ3) is 4.31. The second kappa shape index (κ2) is 9.58. The van der Waals surface area contributed by atoms with Gasteiger partial charge in [0.1, 0.15) is 11.6 Å². The van der Waals surface area contributed by atoms with E-state index in [0.717, 1.165) is 23.3 Å². The highest BCUT2D eigenvalue weighted by Gasteiger charge is 2.44. The van der Waals surface area contributed by atoms with Gasteiger partial charge in [0.15, 0.2) is 5.82 Å². The number of aromatic nitrogens is 4. The van der Waals surface area contributed by atoms with E-state index in [4.69, 9.17) is 0 Å². The Kier molecular flexibility index (Phi) is 5.84. The second-order valence-corrected chi connectivity index (χ2v) is 10.7. The Hall–Kier alpha value is -5.00. The van der Waals surface area contributed by atoms with Crippen LogP contribution in [0.1, 0.15) is 52.4 Å². The molecule has 1 saturated carbocycles. The Morgan fingerprint density at radius 1 is 1.02 bits per heavy atom. The molecule has 2 N–H and O–H groups in total.